The zero-order valence-corrected chi connectivity index (χ0v) is 22.1. The molecule has 0 fully saturated rings. The van der Waals surface area contributed by atoms with Crippen molar-refractivity contribution in [2.75, 3.05) is 13.7 Å². The van der Waals surface area contributed by atoms with Crippen molar-refractivity contribution in [1.29, 1.82) is 0 Å². The molecule has 5 aromatic rings. The lowest BCUT2D eigenvalue weighted by Gasteiger charge is -2.15. The molecule has 0 aliphatic rings. The zero-order chi connectivity index (χ0) is 27.9. The molecule has 0 radical (unpaired) electrons. The van der Waals surface area contributed by atoms with Gasteiger partial charge in [-0.15, -0.1) is 0 Å². The average molecular weight is 536 g/mol. The lowest BCUT2D eigenvalue weighted by Crippen LogP contribution is -2.11. The first-order valence-electron chi connectivity index (χ1n) is 12.9. The predicted octanol–water partition coefficient (Wildman–Crippen LogP) is 5.93. The summed E-state index contributed by atoms with van der Waals surface area (Å²) in [5.74, 6) is 0.723. The normalized spacial score (nSPS) is 10.8. The van der Waals surface area contributed by atoms with Crippen LogP contribution in [0.25, 0.3) is 10.9 Å². The number of carbonyl (C=O) groups excluding carboxylic acids is 2. The lowest BCUT2D eigenvalue weighted by atomic mass is 9.95. The predicted molar refractivity (Wildman–Crippen MR) is 152 cm³/mol. The van der Waals surface area contributed by atoms with Crippen molar-refractivity contribution in [2.24, 2.45) is 0 Å². The summed E-state index contributed by atoms with van der Waals surface area (Å²) >= 11 is 0. The van der Waals surface area contributed by atoms with Gasteiger partial charge < -0.3 is 24.3 Å². The number of aromatic nitrogens is 1. The van der Waals surface area contributed by atoms with Crippen molar-refractivity contribution in [3.63, 3.8) is 0 Å². The summed E-state index contributed by atoms with van der Waals surface area (Å²) in [4.78, 5) is 29.5. The van der Waals surface area contributed by atoms with Crippen LogP contribution in [0.5, 0.6) is 17.2 Å². The molecule has 1 aromatic heterocycles. The molecule has 0 atom stereocenters. The van der Waals surface area contributed by atoms with E-state index in [0.29, 0.717) is 40.3 Å². The molecule has 0 aliphatic carbocycles. The van der Waals surface area contributed by atoms with E-state index in [1.807, 2.05) is 66.7 Å². The van der Waals surface area contributed by atoms with Crippen LogP contribution in [-0.4, -0.2) is 35.4 Å². The number of aliphatic hydroxyl groups is 1. The Kier molecular flexibility index (Phi) is 8.23. The van der Waals surface area contributed by atoms with Crippen molar-refractivity contribution in [2.45, 2.75) is 19.6 Å². The molecule has 7 heteroatoms. The van der Waals surface area contributed by atoms with E-state index >= 15 is 0 Å². The molecule has 202 valence electrons. The highest BCUT2D eigenvalue weighted by atomic mass is 16.5. The summed E-state index contributed by atoms with van der Waals surface area (Å²) in [6.45, 7) is -0.0341. The van der Waals surface area contributed by atoms with E-state index in [9.17, 15) is 14.7 Å². The van der Waals surface area contributed by atoms with Gasteiger partial charge in [-0.05, 0) is 41.0 Å². The summed E-state index contributed by atoms with van der Waals surface area (Å²) in [6, 6.07) is 28.3. The van der Waals surface area contributed by atoms with Crippen LogP contribution in [0.3, 0.4) is 0 Å². The third-order valence-electron chi connectivity index (χ3n) is 6.60. The number of rotatable bonds is 12. The number of ether oxygens (including phenoxy) is 3. The highest BCUT2D eigenvalue weighted by Gasteiger charge is 2.23. The Morgan fingerprint density at radius 3 is 1.98 bits per heavy atom. The third kappa shape index (κ3) is 5.90. The molecule has 2 N–H and O–H groups in total. The van der Waals surface area contributed by atoms with Crippen molar-refractivity contribution >= 4 is 22.5 Å². The standard InChI is InChI=1S/C33H29NO6/c1-38-31-17-24(12-14-29(31)39-20-22-8-4-2-5-9-22)16-27(36)33-30(40-21-23-10-6-3-7-11-23)15-13-26-32(33)25(18-34-26)28(37)19-35/h2-15,17-18,34-35H,16,19-21H2,1H3. The van der Waals surface area contributed by atoms with Crippen molar-refractivity contribution in [3.05, 3.63) is 125 Å². The summed E-state index contributed by atoms with van der Waals surface area (Å²) in [7, 11) is 1.55. The highest BCUT2D eigenvalue weighted by Crippen LogP contribution is 2.34. The fourth-order valence-corrected chi connectivity index (χ4v) is 4.59. The molecule has 0 unspecified atom stereocenters. The van der Waals surface area contributed by atoms with E-state index < -0.39 is 12.4 Å². The minimum Gasteiger partial charge on any atom is -0.493 e. The topological polar surface area (TPSA) is 97.9 Å². The zero-order valence-electron chi connectivity index (χ0n) is 22.1. The number of ketones is 2. The monoisotopic (exact) mass is 535 g/mol. The molecule has 7 nitrogen and oxygen atoms in total. The van der Waals surface area contributed by atoms with Crippen LogP contribution in [-0.2, 0) is 19.6 Å². The number of carbonyl (C=O) groups is 2. The fourth-order valence-electron chi connectivity index (χ4n) is 4.59. The van der Waals surface area contributed by atoms with Gasteiger partial charge >= 0.3 is 0 Å². The van der Waals surface area contributed by atoms with Crippen LogP contribution in [0.15, 0.2) is 97.2 Å². The molecule has 1 heterocycles. The van der Waals surface area contributed by atoms with Crippen molar-refractivity contribution < 1.29 is 28.9 Å². The molecule has 5 rings (SSSR count). The minimum atomic E-state index is -0.669. The molecule has 0 saturated heterocycles. The number of methoxy groups -OCH3 is 1. The molecular weight excluding hydrogens is 506 g/mol. The number of hydrogen-bond donors (Lipinski definition) is 2. The second-order valence-electron chi connectivity index (χ2n) is 9.28. The number of nitrogens with one attached hydrogen (secondary N) is 1. The van der Waals surface area contributed by atoms with Crippen LogP contribution in [0, 0.1) is 0 Å². The van der Waals surface area contributed by atoms with Gasteiger partial charge in [-0.25, -0.2) is 0 Å². The van der Waals surface area contributed by atoms with Crippen LogP contribution in [0.1, 0.15) is 37.4 Å². The van der Waals surface area contributed by atoms with Gasteiger partial charge in [0.25, 0.3) is 0 Å². The van der Waals surface area contributed by atoms with Gasteiger partial charge in [-0.2, -0.15) is 0 Å². The number of aromatic amines is 1. The van der Waals surface area contributed by atoms with Gasteiger partial charge in [-0.1, -0.05) is 66.7 Å². The Morgan fingerprint density at radius 1 is 0.725 bits per heavy atom. The first-order valence-corrected chi connectivity index (χ1v) is 12.9. The van der Waals surface area contributed by atoms with Crippen LogP contribution < -0.4 is 14.2 Å². The highest BCUT2D eigenvalue weighted by molar-refractivity contribution is 6.18. The summed E-state index contributed by atoms with van der Waals surface area (Å²) in [5.41, 5.74) is 3.82. The van der Waals surface area contributed by atoms with E-state index in [4.69, 9.17) is 14.2 Å². The Hall–Kier alpha value is -4.88. The Labute approximate surface area is 232 Å². The van der Waals surface area contributed by atoms with E-state index in [1.165, 1.54) is 6.20 Å². The number of fused-ring (bicyclic) bond motifs is 1. The maximum absolute atomic E-state index is 13.9. The quantitative estimate of drug-likeness (QED) is 0.192. The van der Waals surface area contributed by atoms with E-state index in [1.54, 1.807) is 31.4 Å². The molecule has 0 amide bonds. The van der Waals surface area contributed by atoms with E-state index in [-0.39, 0.29) is 29.9 Å². The Bertz CT molecular complexity index is 1630. The Balaban J connectivity index is 1.45. The SMILES string of the molecule is COc1cc(CC(=O)c2c(OCc3ccccc3)ccc3[nH]cc(C(=O)CO)c23)ccc1OCc1ccccc1. The number of aliphatic hydroxyl groups excluding tert-OH is 1. The fraction of sp³-hybridized carbons (Fsp3) is 0.152. The second-order valence-corrected chi connectivity index (χ2v) is 9.28. The number of hydrogen-bond acceptors (Lipinski definition) is 6. The summed E-state index contributed by atoms with van der Waals surface area (Å²) < 4.78 is 17.6. The van der Waals surface area contributed by atoms with Crippen molar-refractivity contribution in [3.8, 4) is 17.2 Å². The van der Waals surface area contributed by atoms with Crippen LogP contribution in [0.2, 0.25) is 0 Å². The smallest absolute Gasteiger partial charge is 0.190 e. The lowest BCUT2D eigenvalue weighted by molar-refractivity contribution is 0.0905. The van der Waals surface area contributed by atoms with Gasteiger partial charge in [0.15, 0.2) is 23.1 Å². The van der Waals surface area contributed by atoms with Gasteiger partial charge in [0.05, 0.1) is 12.7 Å². The number of benzene rings is 4. The van der Waals surface area contributed by atoms with Gasteiger partial charge in [0, 0.05) is 29.1 Å². The van der Waals surface area contributed by atoms with Crippen LogP contribution >= 0.6 is 0 Å². The number of Topliss-reactive ketones (excluding diaryl/α,β-unsaturated/α-hetero) is 2. The first-order chi connectivity index (χ1) is 19.6. The number of H-pyrrole nitrogens is 1. The van der Waals surface area contributed by atoms with Gasteiger partial charge in [0.1, 0.15) is 25.6 Å². The molecule has 0 spiro atoms. The van der Waals surface area contributed by atoms with Gasteiger partial charge in [-0.3, -0.25) is 9.59 Å². The molecule has 0 aliphatic heterocycles. The first kappa shape index (κ1) is 26.7. The molecular formula is C33H29NO6. The van der Waals surface area contributed by atoms with E-state index in [2.05, 4.69) is 4.98 Å². The largest absolute Gasteiger partial charge is 0.493 e. The minimum absolute atomic E-state index is 0.0358. The summed E-state index contributed by atoms with van der Waals surface area (Å²) in [5, 5.41) is 9.98. The van der Waals surface area contributed by atoms with Gasteiger partial charge in [0.2, 0.25) is 0 Å². The average Bonchev–Trinajstić information content (AvgIpc) is 3.43. The van der Waals surface area contributed by atoms with Crippen molar-refractivity contribution in [1.82, 2.24) is 4.98 Å². The second kappa shape index (κ2) is 12.3. The van der Waals surface area contributed by atoms with E-state index in [0.717, 1.165) is 11.1 Å². The molecule has 0 saturated carbocycles. The Morgan fingerprint density at radius 2 is 1.35 bits per heavy atom. The maximum atomic E-state index is 13.9. The molecule has 4 aromatic carbocycles. The summed E-state index contributed by atoms with van der Waals surface area (Å²) in [6.07, 6.45) is 1.55. The maximum Gasteiger partial charge on any atom is 0.190 e. The molecule has 0 bridgehead atoms. The molecule has 40 heavy (non-hydrogen) atoms. The van der Waals surface area contributed by atoms with Crippen LogP contribution in [0.4, 0.5) is 0 Å². The third-order valence-corrected chi connectivity index (χ3v) is 6.60.